The third-order valence-corrected chi connectivity index (χ3v) is 4.00. The monoisotopic (exact) mass is 329 g/mol. The van der Waals surface area contributed by atoms with Crippen LogP contribution in [-0.4, -0.2) is 15.9 Å². The van der Waals surface area contributed by atoms with Gasteiger partial charge in [-0.2, -0.15) is 0 Å². The first-order valence-electron chi connectivity index (χ1n) is 5.86. The first kappa shape index (κ1) is 15.2. The predicted molar refractivity (Wildman–Crippen MR) is 83.0 cm³/mol. The number of amides is 1. The lowest BCUT2D eigenvalue weighted by Crippen LogP contribution is -2.14. The number of rotatable bonds is 2. The first-order valence-corrected chi connectivity index (χ1v) is 7.49. The zero-order valence-corrected chi connectivity index (χ0v) is 13.5. The van der Waals surface area contributed by atoms with E-state index < -0.39 is 0 Å². The summed E-state index contributed by atoms with van der Waals surface area (Å²) in [6.45, 7) is 6.20. The van der Waals surface area contributed by atoms with Crippen molar-refractivity contribution < 1.29 is 4.79 Å². The molecule has 106 valence electrons. The van der Waals surface area contributed by atoms with Crippen LogP contribution in [-0.2, 0) is 5.41 Å². The van der Waals surface area contributed by atoms with Crippen LogP contribution in [0.2, 0.25) is 10.2 Å². The number of carbonyl (C=O) groups excluding carboxylic acids is 1. The molecule has 0 aliphatic heterocycles. The van der Waals surface area contributed by atoms with Gasteiger partial charge in [0.25, 0.3) is 5.91 Å². The average Bonchev–Trinajstić information content (AvgIpc) is 2.81. The number of anilines is 1. The number of nitrogens with one attached hydrogen (secondary N) is 1. The van der Waals surface area contributed by atoms with Crippen molar-refractivity contribution in [1.29, 1.82) is 0 Å². The van der Waals surface area contributed by atoms with E-state index in [0.717, 1.165) is 5.69 Å². The third-order valence-electron chi connectivity index (χ3n) is 2.55. The molecule has 0 saturated heterocycles. The van der Waals surface area contributed by atoms with Gasteiger partial charge in [0, 0.05) is 17.0 Å². The molecular weight excluding hydrogens is 317 g/mol. The Labute approximate surface area is 131 Å². The van der Waals surface area contributed by atoms with Crippen LogP contribution in [0.15, 0.2) is 17.6 Å². The number of carbonyl (C=O) groups is 1. The normalized spacial score (nSPS) is 11.4. The maximum absolute atomic E-state index is 12.1. The smallest absolute Gasteiger partial charge is 0.259 e. The highest BCUT2D eigenvalue weighted by Crippen LogP contribution is 2.27. The van der Waals surface area contributed by atoms with E-state index in [1.807, 2.05) is 5.38 Å². The van der Waals surface area contributed by atoms with Gasteiger partial charge in [-0.05, 0) is 6.07 Å². The zero-order chi connectivity index (χ0) is 14.9. The molecule has 7 heteroatoms. The SMILES string of the molecule is CC(C)(C)c1csc(NC(=O)c2cnc(Cl)c(Cl)c2)n1. The van der Waals surface area contributed by atoms with Crippen molar-refractivity contribution in [2.45, 2.75) is 26.2 Å². The molecule has 0 aromatic carbocycles. The van der Waals surface area contributed by atoms with Gasteiger partial charge in [0.2, 0.25) is 0 Å². The highest BCUT2D eigenvalue weighted by atomic mass is 35.5. The number of nitrogens with zero attached hydrogens (tertiary/aromatic N) is 2. The standard InChI is InChI=1S/C13H13Cl2N3OS/c1-13(2,3)9-6-20-12(17-9)18-11(19)7-4-8(14)10(15)16-5-7/h4-6H,1-3H3,(H,17,18,19). The summed E-state index contributed by atoms with van der Waals surface area (Å²) in [6, 6.07) is 1.48. The Morgan fingerprint density at radius 2 is 2.05 bits per heavy atom. The number of thiazole rings is 1. The first-order chi connectivity index (χ1) is 9.27. The van der Waals surface area contributed by atoms with Crippen LogP contribution in [0.4, 0.5) is 5.13 Å². The molecule has 4 nitrogen and oxygen atoms in total. The molecule has 0 bridgehead atoms. The number of aromatic nitrogens is 2. The second kappa shape index (κ2) is 5.68. The summed E-state index contributed by atoms with van der Waals surface area (Å²) in [7, 11) is 0. The molecule has 2 heterocycles. The molecule has 0 spiro atoms. The molecule has 0 aliphatic rings. The van der Waals surface area contributed by atoms with Gasteiger partial charge >= 0.3 is 0 Å². The van der Waals surface area contributed by atoms with E-state index in [4.69, 9.17) is 23.2 Å². The van der Waals surface area contributed by atoms with E-state index in [-0.39, 0.29) is 21.5 Å². The van der Waals surface area contributed by atoms with Gasteiger partial charge in [0.1, 0.15) is 5.15 Å². The van der Waals surface area contributed by atoms with Crippen LogP contribution < -0.4 is 5.32 Å². The highest BCUT2D eigenvalue weighted by molar-refractivity contribution is 7.14. The molecular formula is C13H13Cl2N3OS. The number of hydrogen-bond donors (Lipinski definition) is 1. The van der Waals surface area contributed by atoms with Crippen molar-refractivity contribution in [3.05, 3.63) is 39.1 Å². The van der Waals surface area contributed by atoms with Crippen molar-refractivity contribution in [1.82, 2.24) is 9.97 Å². The summed E-state index contributed by atoms with van der Waals surface area (Å²) in [4.78, 5) is 20.3. The van der Waals surface area contributed by atoms with Gasteiger partial charge in [0.15, 0.2) is 5.13 Å². The van der Waals surface area contributed by atoms with E-state index in [1.165, 1.54) is 23.6 Å². The molecule has 0 unspecified atom stereocenters. The van der Waals surface area contributed by atoms with Crippen LogP contribution >= 0.6 is 34.5 Å². The summed E-state index contributed by atoms with van der Waals surface area (Å²) in [5.74, 6) is -0.314. The summed E-state index contributed by atoms with van der Waals surface area (Å²) < 4.78 is 0. The lowest BCUT2D eigenvalue weighted by molar-refractivity contribution is 0.102. The molecule has 0 saturated carbocycles. The van der Waals surface area contributed by atoms with E-state index in [9.17, 15) is 4.79 Å². The Bertz CT molecular complexity index is 649. The minimum atomic E-state index is -0.314. The van der Waals surface area contributed by atoms with Crippen LogP contribution in [0.1, 0.15) is 36.8 Å². The second-order valence-corrected chi connectivity index (χ2v) is 6.86. The van der Waals surface area contributed by atoms with Crippen LogP contribution in [0.25, 0.3) is 0 Å². The second-order valence-electron chi connectivity index (χ2n) is 5.24. The Balaban J connectivity index is 2.15. The van der Waals surface area contributed by atoms with Crippen molar-refractivity contribution in [2.75, 3.05) is 5.32 Å². The maximum atomic E-state index is 12.1. The molecule has 1 N–H and O–H groups in total. The van der Waals surface area contributed by atoms with Gasteiger partial charge < -0.3 is 0 Å². The van der Waals surface area contributed by atoms with Crippen LogP contribution in [0.5, 0.6) is 0 Å². The zero-order valence-electron chi connectivity index (χ0n) is 11.2. The summed E-state index contributed by atoms with van der Waals surface area (Å²) in [5.41, 5.74) is 1.22. The van der Waals surface area contributed by atoms with Crippen LogP contribution in [0, 0.1) is 0 Å². The van der Waals surface area contributed by atoms with Gasteiger partial charge in [-0.25, -0.2) is 9.97 Å². The Morgan fingerprint density at radius 1 is 1.35 bits per heavy atom. The van der Waals surface area contributed by atoms with Crippen molar-refractivity contribution in [3.8, 4) is 0 Å². The summed E-state index contributed by atoms with van der Waals surface area (Å²) >= 11 is 12.9. The molecule has 2 aromatic heterocycles. The van der Waals surface area contributed by atoms with Crippen LogP contribution in [0.3, 0.4) is 0 Å². The van der Waals surface area contributed by atoms with E-state index >= 15 is 0 Å². The lowest BCUT2D eigenvalue weighted by atomic mass is 9.93. The Kier molecular flexibility index (Phi) is 4.32. The fourth-order valence-corrected chi connectivity index (χ4v) is 2.59. The van der Waals surface area contributed by atoms with E-state index in [1.54, 1.807) is 0 Å². The van der Waals surface area contributed by atoms with Gasteiger partial charge in [0.05, 0.1) is 16.3 Å². The maximum Gasteiger partial charge on any atom is 0.259 e. The molecule has 0 aliphatic carbocycles. The van der Waals surface area contributed by atoms with Crippen molar-refractivity contribution in [3.63, 3.8) is 0 Å². The Hall–Kier alpha value is -1.17. The minimum absolute atomic E-state index is 0.0510. The lowest BCUT2D eigenvalue weighted by Gasteiger charge is -2.14. The Morgan fingerprint density at radius 3 is 2.60 bits per heavy atom. The molecule has 0 radical (unpaired) electrons. The van der Waals surface area contributed by atoms with Gasteiger partial charge in [-0.1, -0.05) is 44.0 Å². The number of hydrogen-bond acceptors (Lipinski definition) is 4. The van der Waals surface area contributed by atoms with Crippen molar-refractivity contribution >= 4 is 45.6 Å². The summed E-state index contributed by atoms with van der Waals surface area (Å²) in [5, 5.41) is 5.62. The quantitative estimate of drug-likeness (QED) is 0.831. The van der Waals surface area contributed by atoms with E-state index in [2.05, 4.69) is 36.1 Å². The topological polar surface area (TPSA) is 54.9 Å². The molecule has 1 amide bonds. The molecule has 20 heavy (non-hydrogen) atoms. The largest absolute Gasteiger partial charge is 0.298 e. The molecule has 2 rings (SSSR count). The fourth-order valence-electron chi connectivity index (χ4n) is 1.39. The van der Waals surface area contributed by atoms with Gasteiger partial charge in [-0.3, -0.25) is 10.1 Å². The van der Waals surface area contributed by atoms with Gasteiger partial charge in [-0.15, -0.1) is 11.3 Å². The average molecular weight is 330 g/mol. The molecule has 2 aromatic rings. The summed E-state index contributed by atoms with van der Waals surface area (Å²) in [6.07, 6.45) is 1.38. The molecule has 0 atom stereocenters. The van der Waals surface area contributed by atoms with Crippen molar-refractivity contribution in [2.24, 2.45) is 0 Å². The molecule has 0 fully saturated rings. The fraction of sp³-hybridized carbons (Fsp3) is 0.308. The number of halogens is 2. The van der Waals surface area contributed by atoms with E-state index in [0.29, 0.717) is 10.7 Å². The predicted octanol–water partition coefficient (Wildman–Crippen LogP) is 4.39. The number of pyridine rings is 1. The minimum Gasteiger partial charge on any atom is -0.298 e. The highest BCUT2D eigenvalue weighted by Gasteiger charge is 2.18. The third kappa shape index (κ3) is 3.48.